The van der Waals surface area contributed by atoms with Crippen molar-refractivity contribution in [3.8, 4) is 0 Å². The molecule has 0 unspecified atom stereocenters. The summed E-state index contributed by atoms with van der Waals surface area (Å²) >= 11 is 0. The maximum Gasteiger partial charge on any atom is 0.283 e. The third-order valence-corrected chi connectivity index (χ3v) is 14.4. The lowest BCUT2D eigenvalue weighted by atomic mass is 10.1. The van der Waals surface area contributed by atoms with E-state index >= 15 is 0 Å². The predicted molar refractivity (Wildman–Crippen MR) is 276 cm³/mol. The lowest BCUT2D eigenvalue weighted by Crippen LogP contribution is -2.41. The summed E-state index contributed by atoms with van der Waals surface area (Å²) in [5, 5.41) is 0. The number of ether oxygens (including phenoxy) is 6. The van der Waals surface area contributed by atoms with E-state index in [1.54, 1.807) is 0 Å². The summed E-state index contributed by atoms with van der Waals surface area (Å²) in [5.74, 6) is -0.128. The molecule has 8 heteroatoms. The van der Waals surface area contributed by atoms with Gasteiger partial charge in [-0.05, 0) is 38.5 Å². The minimum Gasteiger partial charge on any atom is -0.327 e. The van der Waals surface area contributed by atoms with Gasteiger partial charge in [0.2, 0.25) is 0 Å². The highest BCUT2D eigenvalue weighted by Gasteiger charge is 2.35. The third-order valence-electron chi connectivity index (χ3n) is 12.0. The first-order valence-electron chi connectivity index (χ1n) is 27.7. The number of hydrogen-bond donors (Lipinski definition) is 0. The smallest absolute Gasteiger partial charge is 0.283 e. The van der Waals surface area contributed by atoms with Crippen molar-refractivity contribution in [1.82, 2.24) is 0 Å². The molecule has 0 aromatic heterocycles. The average Bonchev–Trinajstić information content (AvgIpc) is 3.28. The zero-order valence-electron chi connectivity index (χ0n) is 42.8. The van der Waals surface area contributed by atoms with Crippen molar-refractivity contribution < 1.29 is 28.4 Å². The normalized spacial score (nSPS) is 12.3. The zero-order valence-corrected chi connectivity index (χ0v) is 44.4. The molecule has 0 atom stereocenters. The van der Waals surface area contributed by atoms with E-state index in [-0.39, 0.29) is 0 Å². The molecule has 0 aliphatic rings. The van der Waals surface area contributed by atoms with Crippen LogP contribution in [0, 0.1) is 0 Å². The van der Waals surface area contributed by atoms with Crippen LogP contribution in [0.15, 0.2) is 0 Å². The van der Waals surface area contributed by atoms with E-state index in [0.29, 0.717) is 39.6 Å². The molecule has 0 aromatic rings. The number of hydrogen-bond acceptors (Lipinski definition) is 8. The monoisotopic (exact) mass is 919 g/mol. The fourth-order valence-corrected chi connectivity index (χ4v) is 9.90. The van der Waals surface area contributed by atoms with E-state index < -0.39 is 11.9 Å². The molecule has 0 fully saturated rings. The lowest BCUT2D eigenvalue weighted by molar-refractivity contribution is -0.382. The van der Waals surface area contributed by atoms with Crippen LogP contribution in [0.3, 0.4) is 0 Å². The highest BCUT2D eigenvalue weighted by molar-refractivity contribution is 8.76. The summed E-state index contributed by atoms with van der Waals surface area (Å²) < 4.78 is 40.3. The molecule has 0 rings (SSSR count). The summed E-state index contributed by atoms with van der Waals surface area (Å²) in [6, 6.07) is 0. The standard InChI is InChI=1S/C54H110O6S2/c1-7-13-19-25-31-37-45-55-53(56-46-38-32-26-20-14-8-2,57-47-39-33-27-21-15-9-3)43-51-61-62-52-44-54(58-48-40-34-28-22-16-10-4,59-49-41-35-29-23-17-11-5)60-50-42-36-30-24-18-12-6/h7-52H2,1-6H3. The van der Waals surface area contributed by atoms with E-state index in [1.807, 2.05) is 21.6 Å². The van der Waals surface area contributed by atoms with Crippen molar-refractivity contribution in [3.63, 3.8) is 0 Å². The van der Waals surface area contributed by atoms with Gasteiger partial charge in [-0.1, -0.05) is 256 Å². The molecular weight excluding hydrogens is 809 g/mol. The van der Waals surface area contributed by atoms with E-state index in [0.717, 1.165) is 62.9 Å². The van der Waals surface area contributed by atoms with E-state index in [1.165, 1.54) is 193 Å². The van der Waals surface area contributed by atoms with Gasteiger partial charge in [0.25, 0.3) is 11.9 Å². The van der Waals surface area contributed by atoms with Crippen molar-refractivity contribution in [2.45, 2.75) is 297 Å². The first-order chi connectivity index (χ1) is 30.6. The van der Waals surface area contributed by atoms with Gasteiger partial charge in [0, 0.05) is 24.3 Å². The van der Waals surface area contributed by atoms with Gasteiger partial charge in [-0.2, -0.15) is 0 Å². The second-order valence-electron chi connectivity index (χ2n) is 18.2. The van der Waals surface area contributed by atoms with Crippen molar-refractivity contribution in [1.29, 1.82) is 0 Å². The van der Waals surface area contributed by atoms with Crippen molar-refractivity contribution in [2.75, 3.05) is 51.1 Å². The Morgan fingerprint density at radius 1 is 0.226 bits per heavy atom. The van der Waals surface area contributed by atoms with Gasteiger partial charge < -0.3 is 28.4 Å². The van der Waals surface area contributed by atoms with Crippen molar-refractivity contribution in [2.24, 2.45) is 0 Å². The molecule has 0 bridgehead atoms. The van der Waals surface area contributed by atoms with E-state index in [4.69, 9.17) is 28.4 Å². The molecule has 0 amide bonds. The van der Waals surface area contributed by atoms with Gasteiger partial charge in [-0.3, -0.25) is 0 Å². The number of unbranched alkanes of at least 4 members (excludes halogenated alkanes) is 30. The fraction of sp³-hybridized carbons (Fsp3) is 1.00. The quantitative estimate of drug-likeness (QED) is 0.0340. The van der Waals surface area contributed by atoms with Crippen LogP contribution in [-0.2, 0) is 28.4 Å². The first kappa shape index (κ1) is 62.5. The average molecular weight is 920 g/mol. The van der Waals surface area contributed by atoms with Gasteiger partial charge in [-0.25, -0.2) is 0 Å². The minimum absolute atomic E-state index is 0.696. The maximum absolute atomic E-state index is 6.72. The lowest BCUT2D eigenvalue weighted by Gasteiger charge is -2.34. The van der Waals surface area contributed by atoms with Gasteiger partial charge in [-0.15, -0.1) is 0 Å². The molecule has 62 heavy (non-hydrogen) atoms. The molecule has 0 saturated carbocycles. The summed E-state index contributed by atoms with van der Waals surface area (Å²) in [7, 11) is 3.82. The molecule has 0 saturated heterocycles. The van der Waals surface area contributed by atoms with E-state index in [9.17, 15) is 0 Å². The highest BCUT2D eigenvalue weighted by atomic mass is 33.1. The summed E-state index contributed by atoms with van der Waals surface area (Å²) in [5.41, 5.74) is 0. The largest absolute Gasteiger partial charge is 0.327 e. The Bertz CT molecular complexity index is 678. The summed E-state index contributed by atoms with van der Waals surface area (Å²) in [6.07, 6.45) is 46.3. The fourth-order valence-electron chi connectivity index (χ4n) is 7.79. The Kier molecular flexibility index (Phi) is 51.2. The van der Waals surface area contributed by atoms with Crippen LogP contribution >= 0.6 is 21.6 Å². The molecule has 374 valence electrons. The molecule has 0 N–H and O–H groups in total. The Labute approximate surface area is 396 Å². The maximum atomic E-state index is 6.72. The Balaban J connectivity index is 5.73. The third kappa shape index (κ3) is 41.9. The van der Waals surface area contributed by atoms with Gasteiger partial charge in [0.1, 0.15) is 0 Å². The van der Waals surface area contributed by atoms with Crippen LogP contribution in [0.5, 0.6) is 0 Å². The van der Waals surface area contributed by atoms with Crippen molar-refractivity contribution in [3.05, 3.63) is 0 Å². The van der Waals surface area contributed by atoms with Gasteiger partial charge in [0.05, 0.1) is 39.6 Å². The molecule has 0 radical (unpaired) electrons. The van der Waals surface area contributed by atoms with Crippen LogP contribution in [0.25, 0.3) is 0 Å². The molecule has 6 nitrogen and oxygen atoms in total. The Hall–Kier alpha value is 0.460. The second kappa shape index (κ2) is 50.9. The molecule has 0 spiro atoms. The van der Waals surface area contributed by atoms with Gasteiger partial charge >= 0.3 is 0 Å². The summed E-state index contributed by atoms with van der Waals surface area (Å²) in [4.78, 5) is 0. The van der Waals surface area contributed by atoms with Crippen LogP contribution in [0.2, 0.25) is 0 Å². The minimum atomic E-state index is -0.964. The summed E-state index contributed by atoms with van der Waals surface area (Å²) in [6.45, 7) is 17.9. The van der Waals surface area contributed by atoms with E-state index in [2.05, 4.69) is 41.5 Å². The van der Waals surface area contributed by atoms with Crippen LogP contribution in [0.4, 0.5) is 0 Å². The van der Waals surface area contributed by atoms with Crippen LogP contribution < -0.4 is 0 Å². The molecule has 0 aliphatic heterocycles. The topological polar surface area (TPSA) is 55.4 Å². The first-order valence-corrected chi connectivity index (χ1v) is 30.1. The van der Waals surface area contributed by atoms with Gasteiger partial charge in [0.15, 0.2) is 0 Å². The van der Waals surface area contributed by atoms with Crippen LogP contribution in [-0.4, -0.2) is 63.1 Å². The highest BCUT2D eigenvalue weighted by Crippen LogP contribution is 2.33. The zero-order chi connectivity index (χ0) is 45.2. The van der Waals surface area contributed by atoms with Crippen LogP contribution in [0.1, 0.15) is 286 Å². The second-order valence-corrected chi connectivity index (χ2v) is 20.9. The molecule has 0 aliphatic carbocycles. The molecular formula is C54H110O6S2. The van der Waals surface area contributed by atoms with Crippen molar-refractivity contribution >= 4 is 21.6 Å². The number of rotatable bonds is 55. The predicted octanol–water partition coefficient (Wildman–Crippen LogP) is 18.7. The SMILES string of the molecule is CCCCCCCCOC(CCSSCCC(OCCCCCCCC)(OCCCCCCCC)OCCCCCCCC)(OCCCCCCCC)OCCCCCCCC. The Morgan fingerprint density at radius 2 is 0.387 bits per heavy atom. The molecule has 0 heterocycles. The Morgan fingerprint density at radius 3 is 0.565 bits per heavy atom. The molecule has 0 aromatic carbocycles.